The number of nitrogens with one attached hydrogen (secondary N) is 2. The third-order valence-electron chi connectivity index (χ3n) is 4.88. The predicted molar refractivity (Wildman–Crippen MR) is 116 cm³/mol. The minimum absolute atomic E-state index is 0.102. The molecule has 0 saturated heterocycles. The van der Waals surface area contributed by atoms with Crippen molar-refractivity contribution >= 4 is 22.5 Å². The average molecular weight is 366 g/mol. The van der Waals surface area contributed by atoms with Crippen molar-refractivity contribution in [3.63, 3.8) is 0 Å². The Bertz CT molecular complexity index is 1020. The zero-order valence-corrected chi connectivity index (χ0v) is 15.5. The van der Waals surface area contributed by atoms with Gasteiger partial charge in [-0.25, -0.2) is 4.79 Å². The summed E-state index contributed by atoms with van der Waals surface area (Å²) in [6, 6.07) is 34.3. The Hall–Kier alpha value is -3.59. The van der Waals surface area contributed by atoms with Crippen molar-refractivity contribution < 1.29 is 4.79 Å². The van der Waals surface area contributed by atoms with E-state index in [9.17, 15) is 4.79 Å². The standard InChI is InChI=1S/C25H22N2O/c28-25(27-23-16-15-19-9-7-8-14-22(19)17-23)26-18-24(20-10-3-1-4-11-20)21-12-5-2-6-13-21/h1-17,24H,18H2,(H2,26,27,28). The average Bonchev–Trinajstić information content (AvgIpc) is 2.75. The molecule has 4 rings (SSSR count). The Morgan fingerprint density at radius 2 is 1.25 bits per heavy atom. The minimum Gasteiger partial charge on any atom is -0.337 e. The maximum atomic E-state index is 12.5. The molecular weight excluding hydrogens is 344 g/mol. The SMILES string of the molecule is O=C(NCC(c1ccccc1)c1ccccc1)Nc1ccc2ccccc2c1. The van der Waals surface area contributed by atoms with Crippen LogP contribution in [0, 0.1) is 0 Å². The molecule has 28 heavy (non-hydrogen) atoms. The molecule has 2 amide bonds. The summed E-state index contributed by atoms with van der Waals surface area (Å²) in [7, 11) is 0. The molecule has 0 aromatic heterocycles. The maximum absolute atomic E-state index is 12.5. The van der Waals surface area contributed by atoms with Crippen LogP contribution in [0.4, 0.5) is 10.5 Å². The minimum atomic E-state index is -0.202. The second-order valence-corrected chi connectivity index (χ2v) is 6.77. The van der Waals surface area contributed by atoms with Crippen LogP contribution in [-0.4, -0.2) is 12.6 Å². The summed E-state index contributed by atoms with van der Waals surface area (Å²) < 4.78 is 0. The van der Waals surface area contributed by atoms with Crippen molar-refractivity contribution in [3.8, 4) is 0 Å². The number of urea groups is 1. The highest BCUT2D eigenvalue weighted by Gasteiger charge is 2.15. The van der Waals surface area contributed by atoms with Gasteiger partial charge in [0.05, 0.1) is 0 Å². The number of anilines is 1. The van der Waals surface area contributed by atoms with Gasteiger partial charge in [-0.3, -0.25) is 0 Å². The zero-order chi connectivity index (χ0) is 19.2. The van der Waals surface area contributed by atoms with Gasteiger partial charge in [0.25, 0.3) is 0 Å². The highest BCUT2D eigenvalue weighted by molar-refractivity contribution is 5.93. The molecule has 0 radical (unpaired) electrons. The number of fused-ring (bicyclic) bond motifs is 1. The van der Waals surface area contributed by atoms with E-state index >= 15 is 0 Å². The van der Waals surface area contributed by atoms with E-state index in [1.54, 1.807) is 0 Å². The van der Waals surface area contributed by atoms with E-state index in [0.717, 1.165) is 16.5 Å². The number of rotatable bonds is 5. The molecule has 0 aliphatic rings. The highest BCUT2D eigenvalue weighted by Crippen LogP contribution is 2.24. The molecule has 0 unspecified atom stereocenters. The first-order valence-electron chi connectivity index (χ1n) is 9.43. The molecule has 4 aromatic carbocycles. The molecule has 0 saturated carbocycles. The van der Waals surface area contributed by atoms with Crippen molar-refractivity contribution in [3.05, 3.63) is 114 Å². The number of hydrogen-bond donors (Lipinski definition) is 2. The third-order valence-corrected chi connectivity index (χ3v) is 4.88. The Morgan fingerprint density at radius 3 is 1.89 bits per heavy atom. The Morgan fingerprint density at radius 1 is 0.679 bits per heavy atom. The number of amides is 2. The van der Waals surface area contributed by atoms with E-state index < -0.39 is 0 Å². The summed E-state index contributed by atoms with van der Waals surface area (Å²) in [5.74, 6) is 0.102. The van der Waals surface area contributed by atoms with Gasteiger partial charge in [0.1, 0.15) is 0 Å². The van der Waals surface area contributed by atoms with Gasteiger partial charge in [0.2, 0.25) is 0 Å². The first kappa shape index (κ1) is 17.8. The van der Waals surface area contributed by atoms with Crippen LogP contribution in [0.3, 0.4) is 0 Å². The lowest BCUT2D eigenvalue weighted by Gasteiger charge is -2.19. The molecule has 0 spiro atoms. The zero-order valence-electron chi connectivity index (χ0n) is 15.5. The molecule has 3 heteroatoms. The Labute approximate surface area is 165 Å². The van der Waals surface area contributed by atoms with Crippen LogP contribution in [-0.2, 0) is 0 Å². The van der Waals surface area contributed by atoms with Crippen molar-refractivity contribution in [2.24, 2.45) is 0 Å². The van der Waals surface area contributed by atoms with Crippen molar-refractivity contribution in [1.29, 1.82) is 0 Å². The molecule has 0 aliphatic carbocycles. The summed E-state index contributed by atoms with van der Waals surface area (Å²) in [5.41, 5.74) is 3.14. The topological polar surface area (TPSA) is 41.1 Å². The van der Waals surface area contributed by atoms with Crippen LogP contribution in [0.5, 0.6) is 0 Å². The van der Waals surface area contributed by atoms with Gasteiger partial charge < -0.3 is 10.6 Å². The van der Waals surface area contributed by atoms with Crippen LogP contribution >= 0.6 is 0 Å². The monoisotopic (exact) mass is 366 g/mol. The van der Waals surface area contributed by atoms with Crippen LogP contribution in [0.25, 0.3) is 10.8 Å². The molecule has 3 nitrogen and oxygen atoms in total. The quantitative estimate of drug-likeness (QED) is 0.461. The van der Waals surface area contributed by atoms with Crippen LogP contribution in [0.15, 0.2) is 103 Å². The lowest BCUT2D eigenvalue weighted by atomic mass is 9.91. The predicted octanol–water partition coefficient (Wildman–Crippen LogP) is 5.79. The van der Waals surface area contributed by atoms with Crippen LogP contribution < -0.4 is 10.6 Å². The highest BCUT2D eigenvalue weighted by atomic mass is 16.2. The van der Waals surface area contributed by atoms with E-state index in [4.69, 9.17) is 0 Å². The third kappa shape index (κ3) is 4.21. The van der Waals surface area contributed by atoms with E-state index in [1.165, 1.54) is 11.1 Å². The summed E-state index contributed by atoms with van der Waals surface area (Å²) in [5, 5.41) is 8.23. The van der Waals surface area contributed by atoms with Crippen LogP contribution in [0.1, 0.15) is 17.0 Å². The Balaban J connectivity index is 1.46. The van der Waals surface area contributed by atoms with Gasteiger partial charge in [-0.1, -0.05) is 91.0 Å². The Kier molecular flexibility index (Phi) is 5.34. The normalized spacial score (nSPS) is 10.8. The summed E-state index contributed by atoms with van der Waals surface area (Å²) in [4.78, 5) is 12.5. The van der Waals surface area contributed by atoms with Gasteiger partial charge >= 0.3 is 6.03 Å². The fourth-order valence-electron chi connectivity index (χ4n) is 3.44. The molecule has 0 atom stereocenters. The first-order chi connectivity index (χ1) is 13.8. The number of hydrogen-bond acceptors (Lipinski definition) is 1. The second-order valence-electron chi connectivity index (χ2n) is 6.77. The smallest absolute Gasteiger partial charge is 0.319 e. The lowest BCUT2D eigenvalue weighted by Crippen LogP contribution is -2.32. The van der Waals surface area contributed by atoms with Crippen LogP contribution in [0.2, 0.25) is 0 Å². The molecule has 138 valence electrons. The first-order valence-corrected chi connectivity index (χ1v) is 9.43. The molecule has 2 N–H and O–H groups in total. The lowest BCUT2D eigenvalue weighted by molar-refractivity contribution is 0.252. The maximum Gasteiger partial charge on any atom is 0.319 e. The molecule has 0 heterocycles. The van der Waals surface area contributed by atoms with Crippen molar-refractivity contribution in [1.82, 2.24) is 5.32 Å². The van der Waals surface area contributed by atoms with E-state index in [1.807, 2.05) is 72.8 Å². The van der Waals surface area contributed by atoms with E-state index in [2.05, 4.69) is 41.0 Å². The van der Waals surface area contributed by atoms with Gasteiger partial charge in [0, 0.05) is 18.2 Å². The summed E-state index contributed by atoms with van der Waals surface area (Å²) in [6.07, 6.45) is 0. The molecular formula is C25H22N2O. The summed E-state index contributed by atoms with van der Waals surface area (Å²) >= 11 is 0. The summed E-state index contributed by atoms with van der Waals surface area (Å²) in [6.45, 7) is 0.521. The molecule has 0 bridgehead atoms. The molecule has 0 fully saturated rings. The number of carbonyl (C=O) groups is 1. The fraction of sp³-hybridized carbons (Fsp3) is 0.0800. The van der Waals surface area contributed by atoms with Gasteiger partial charge in [-0.2, -0.15) is 0 Å². The number of benzene rings is 4. The second kappa shape index (κ2) is 8.40. The van der Waals surface area contributed by atoms with Crippen molar-refractivity contribution in [2.75, 3.05) is 11.9 Å². The largest absolute Gasteiger partial charge is 0.337 e. The number of carbonyl (C=O) groups excluding carboxylic acids is 1. The van der Waals surface area contributed by atoms with Gasteiger partial charge in [-0.05, 0) is 34.0 Å². The van der Waals surface area contributed by atoms with E-state index in [0.29, 0.717) is 6.54 Å². The van der Waals surface area contributed by atoms with Gasteiger partial charge in [-0.15, -0.1) is 0 Å². The molecule has 0 aliphatic heterocycles. The molecule has 4 aromatic rings. The fourth-order valence-corrected chi connectivity index (χ4v) is 3.44. The van der Waals surface area contributed by atoms with Gasteiger partial charge in [0.15, 0.2) is 0 Å². The van der Waals surface area contributed by atoms with Crippen molar-refractivity contribution in [2.45, 2.75) is 5.92 Å². The van der Waals surface area contributed by atoms with E-state index in [-0.39, 0.29) is 11.9 Å².